The molecule has 84 valence electrons. The van der Waals surface area contributed by atoms with E-state index in [1.54, 1.807) is 18.3 Å². The quantitative estimate of drug-likeness (QED) is 0.720. The van der Waals surface area contributed by atoms with Crippen LogP contribution in [0.25, 0.3) is 11.3 Å². The highest BCUT2D eigenvalue weighted by atomic mass is 19.4. The van der Waals surface area contributed by atoms with E-state index in [1.807, 2.05) is 0 Å². The Labute approximate surface area is 89.9 Å². The molecule has 2 nitrogen and oxygen atoms in total. The van der Waals surface area contributed by atoms with Gasteiger partial charge in [0.05, 0.1) is 5.56 Å². The fraction of sp³-hybridized carbons (Fsp3) is 0.0909. The molecule has 0 aliphatic rings. The van der Waals surface area contributed by atoms with E-state index in [4.69, 9.17) is 5.73 Å². The van der Waals surface area contributed by atoms with Crippen LogP contribution in [0, 0.1) is 0 Å². The first-order chi connectivity index (χ1) is 7.48. The fourth-order valence-electron chi connectivity index (χ4n) is 1.48. The zero-order valence-corrected chi connectivity index (χ0v) is 8.18. The minimum Gasteiger partial charge on any atom is -0.398 e. The second-order valence-electron chi connectivity index (χ2n) is 3.38. The molecule has 2 rings (SSSR count). The van der Waals surface area contributed by atoms with E-state index >= 15 is 0 Å². The van der Waals surface area contributed by atoms with Crippen molar-refractivity contribution in [1.29, 1.82) is 0 Å². The average molecular weight is 226 g/mol. The first-order valence-corrected chi connectivity index (χ1v) is 4.59. The lowest BCUT2D eigenvalue weighted by Crippen LogP contribution is -2.05. The van der Waals surface area contributed by atoms with E-state index in [-0.39, 0.29) is 5.69 Å². The number of nitrogens with two attached hydrogens (primary N) is 1. The lowest BCUT2D eigenvalue weighted by Gasteiger charge is -2.09. The lowest BCUT2D eigenvalue weighted by atomic mass is 10.1. The van der Waals surface area contributed by atoms with E-state index in [9.17, 15) is 13.2 Å². The topological polar surface area (TPSA) is 41.8 Å². The minimum absolute atomic E-state index is 0.109. The Morgan fingerprint density at radius 1 is 1.12 bits per heavy atom. The summed E-state index contributed by atoms with van der Waals surface area (Å²) in [6.07, 6.45) is -2.67. The molecule has 0 unspecified atom stereocenters. The van der Waals surface area contributed by atoms with Crippen molar-refractivity contribution in [3.63, 3.8) is 0 Å². The van der Waals surface area contributed by atoms with Crippen LogP contribution in [-0.2, 0) is 6.18 Å². The normalized spacial score (nSPS) is 11.7. The minimum atomic E-state index is -4.36. The number of aromatic nitrogens is 1. The second-order valence-corrected chi connectivity index (χ2v) is 3.38. The zero-order valence-electron chi connectivity index (χ0n) is 8.18. The van der Waals surface area contributed by atoms with Crippen LogP contribution in [0.5, 0.6) is 0 Å². The molecule has 0 fully saturated rings. The third-order valence-corrected chi connectivity index (χ3v) is 2.27. The summed E-state index contributed by atoms with van der Waals surface area (Å²) < 4.78 is 37.1. The zero-order chi connectivity index (χ0) is 11.8. The number of nitrogens with one attached hydrogen (secondary N) is 1. The van der Waals surface area contributed by atoms with E-state index in [2.05, 4.69) is 4.98 Å². The highest BCUT2D eigenvalue weighted by molar-refractivity contribution is 5.74. The monoisotopic (exact) mass is 226 g/mol. The smallest absolute Gasteiger partial charge is 0.398 e. The molecule has 0 amide bonds. The average Bonchev–Trinajstić information content (AvgIpc) is 2.69. The summed E-state index contributed by atoms with van der Waals surface area (Å²) in [5.74, 6) is 0. The van der Waals surface area contributed by atoms with Gasteiger partial charge in [-0.1, -0.05) is 6.07 Å². The molecule has 1 heterocycles. The Morgan fingerprint density at radius 3 is 2.38 bits per heavy atom. The van der Waals surface area contributed by atoms with Gasteiger partial charge >= 0.3 is 6.18 Å². The van der Waals surface area contributed by atoms with Gasteiger partial charge in [0.25, 0.3) is 0 Å². The molecule has 1 aromatic carbocycles. The summed E-state index contributed by atoms with van der Waals surface area (Å²) in [6, 6.07) is 6.83. The van der Waals surface area contributed by atoms with Crippen LogP contribution in [0.1, 0.15) is 5.56 Å². The van der Waals surface area contributed by atoms with Crippen LogP contribution in [0.2, 0.25) is 0 Å². The first kappa shape index (κ1) is 10.6. The van der Waals surface area contributed by atoms with Crippen molar-refractivity contribution in [2.45, 2.75) is 6.18 Å². The summed E-state index contributed by atoms with van der Waals surface area (Å²) in [5, 5.41) is 0. The SMILES string of the molecule is Nc1cc(C(F)(F)F)ccc1-c1ccc[nH]1. The summed E-state index contributed by atoms with van der Waals surface area (Å²) in [4.78, 5) is 2.89. The molecule has 5 heteroatoms. The number of hydrogen-bond donors (Lipinski definition) is 2. The molecule has 2 aromatic rings. The van der Waals surface area contributed by atoms with Gasteiger partial charge in [-0.2, -0.15) is 13.2 Å². The Morgan fingerprint density at radius 2 is 1.88 bits per heavy atom. The maximum absolute atomic E-state index is 12.4. The molecule has 0 radical (unpaired) electrons. The number of rotatable bonds is 1. The standard InChI is InChI=1S/C11H9F3N2/c12-11(13,14)7-3-4-8(9(15)6-7)10-2-1-5-16-10/h1-6,16H,15H2. The highest BCUT2D eigenvalue weighted by Gasteiger charge is 2.30. The number of benzene rings is 1. The summed E-state index contributed by atoms with van der Waals surface area (Å²) in [6.45, 7) is 0. The molecule has 1 aromatic heterocycles. The Kier molecular flexibility index (Phi) is 2.38. The number of nitrogen functional groups attached to an aromatic ring is 1. The van der Waals surface area contributed by atoms with Gasteiger partial charge in [0.2, 0.25) is 0 Å². The maximum Gasteiger partial charge on any atom is 0.416 e. The van der Waals surface area contributed by atoms with E-state index in [0.717, 1.165) is 12.1 Å². The lowest BCUT2D eigenvalue weighted by molar-refractivity contribution is -0.137. The molecule has 0 aliphatic heterocycles. The van der Waals surface area contributed by atoms with E-state index in [0.29, 0.717) is 11.3 Å². The fourth-order valence-corrected chi connectivity index (χ4v) is 1.48. The predicted molar refractivity (Wildman–Crippen MR) is 55.6 cm³/mol. The number of halogens is 3. The van der Waals surface area contributed by atoms with Gasteiger partial charge in [-0.3, -0.25) is 0 Å². The maximum atomic E-state index is 12.4. The first-order valence-electron chi connectivity index (χ1n) is 4.59. The van der Waals surface area contributed by atoms with Crippen molar-refractivity contribution < 1.29 is 13.2 Å². The molecule has 0 spiro atoms. The van der Waals surface area contributed by atoms with Gasteiger partial charge in [-0.05, 0) is 24.3 Å². The Bertz CT molecular complexity index is 486. The summed E-state index contributed by atoms with van der Waals surface area (Å²) in [5.41, 5.74) is 6.23. The molecule has 3 N–H and O–H groups in total. The van der Waals surface area contributed by atoms with Gasteiger partial charge in [-0.25, -0.2) is 0 Å². The molecular formula is C11H9F3N2. The Balaban J connectivity index is 2.46. The summed E-state index contributed by atoms with van der Waals surface area (Å²) in [7, 11) is 0. The summed E-state index contributed by atoms with van der Waals surface area (Å²) >= 11 is 0. The molecule has 0 aliphatic carbocycles. The number of anilines is 1. The molecule has 0 atom stereocenters. The van der Waals surface area contributed by atoms with Crippen molar-refractivity contribution in [3.8, 4) is 11.3 Å². The van der Waals surface area contributed by atoms with Gasteiger partial charge < -0.3 is 10.7 Å². The molecule has 0 saturated heterocycles. The third kappa shape index (κ3) is 1.88. The number of hydrogen-bond acceptors (Lipinski definition) is 1. The van der Waals surface area contributed by atoms with Crippen LogP contribution in [-0.4, -0.2) is 4.98 Å². The van der Waals surface area contributed by atoms with Gasteiger partial charge in [-0.15, -0.1) is 0 Å². The van der Waals surface area contributed by atoms with Crippen LogP contribution in [0.4, 0.5) is 18.9 Å². The Hall–Kier alpha value is -1.91. The van der Waals surface area contributed by atoms with Crippen LogP contribution < -0.4 is 5.73 Å². The van der Waals surface area contributed by atoms with Gasteiger partial charge in [0.15, 0.2) is 0 Å². The predicted octanol–water partition coefficient (Wildman–Crippen LogP) is 3.28. The molecule has 16 heavy (non-hydrogen) atoms. The van der Waals surface area contributed by atoms with Crippen molar-refractivity contribution in [2.24, 2.45) is 0 Å². The molecule has 0 saturated carbocycles. The van der Waals surface area contributed by atoms with Gasteiger partial charge in [0.1, 0.15) is 0 Å². The van der Waals surface area contributed by atoms with Crippen molar-refractivity contribution in [1.82, 2.24) is 4.98 Å². The van der Waals surface area contributed by atoms with Crippen molar-refractivity contribution in [2.75, 3.05) is 5.73 Å². The largest absolute Gasteiger partial charge is 0.416 e. The van der Waals surface area contributed by atoms with Crippen LogP contribution in [0.3, 0.4) is 0 Å². The van der Waals surface area contributed by atoms with Gasteiger partial charge in [0, 0.05) is 23.1 Å². The number of alkyl halides is 3. The number of aromatic amines is 1. The van der Waals surface area contributed by atoms with E-state index in [1.165, 1.54) is 6.07 Å². The number of H-pyrrole nitrogens is 1. The molecule has 0 bridgehead atoms. The van der Waals surface area contributed by atoms with E-state index < -0.39 is 11.7 Å². The van der Waals surface area contributed by atoms with Crippen LogP contribution in [0.15, 0.2) is 36.5 Å². The van der Waals surface area contributed by atoms with Crippen LogP contribution >= 0.6 is 0 Å². The van der Waals surface area contributed by atoms with Crippen molar-refractivity contribution in [3.05, 3.63) is 42.1 Å². The van der Waals surface area contributed by atoms with Crippen molar-refractivity contribution >= 4 is 5.69 Å². The second kappa shape index (κ2) is 3.59. The third-order valence-electron chi connectivity index (χ3n) is 2.27. The highest BCUT2D eigenvalue weighted by Crippen LogP contribution is 2.33. The molecular weight excluding hydrogens is 217 g/mol.